The molecule has 1 aromatic heterocycles. The second-order valence-corrected chi connectivity index (χ2v) is 5.63. The van der Waals surface area contributed by atoms with Crippen LogP contribution in [-0.4, -0.2) is 39.1 Å². The zero-order chi connectivity index (χ0) is 14.3. The number of amides is 1. The summed E-state index contributed by atoms with van der Waals surface area (Å²) in [5.41, 5.74) is -0.394. The van der Waals surface area contributed by atoms with Gasteiger partial charge < -0.3 is 19.5 Å². The van der Waals surface area contributed by atoms with Crippen LogP contribution in [0.25, 0.3) is 0 Å². The molecule has 2 N–H and O–H groups in total. The third kappa shape index (κ3) is 2.10. The molecule has 1 amide bonds. The number of carbonyl (C=O) groups is 2. The first kappa shape index (κ1) is 13.2. The highest BCUT2D eigenvalue weighted by Crippen LogP contribution is 2.37. The van der Waals surface area contributed by atoms with Gasteiger partial charge in [0, 0.05) is 18.5 Å². The Labute approximate surface area is 116 Å². The molecular formula is C14H17NO5. The van der Waals surface area contributed by atoms with E-state index in [0.29, 0.717) is 37.1 Å². The smallest absolute Gasteiger partial charge is 0.331 e. The SMILES string of the molecule is O=C(O)C1c2ccoc2CCN1C(=O)CC1(O)CCC1. The fourth-order valence-electron chi connectivity index (χ4n) is 3.00. The van der Waals surface area contributed by atoms with Crippen LogP contribution in [0.1, 0.15) is 43.0 Å². The van der Waals surface area contributed by atoms with E-state index in [2.05, 4.69) is 0 Å². The summed E-state index contributed by atoms with van der Waals surface area (Å²) in [5.74, 6) is -0.739. The van der Waals surface area contributed by atoms with Crippen molar-refractivity contribution in [2.45, 2.75) is 43.7 Å². The van der Waals surface area contributed by atoms with Crippen LogP contribution in [0.4, 0.5) is 0 Å². The van der Waals surface area contributed by atoms with Gasteiger partial charge in [-0.15, -0.1) is 0 Å². The van der Waals surface area contributed by atoms with Crippen molar-refractivity contribution < 1.29 is 24.2 Å². The Morgan fingerprint density at radius 2 is 2.20 bits per heavy atom. The van der Waals surface area contributed by atoms with Crippen molar-refractivity contribution in [3.05, 3.63) is 23.7 Å². The quantitative estimate of drug-likeness (QED) is 0.864. The Balaban J connectivity index is 1.82. The topological polar surface area (TPSA) is 91.0 Å². The van der Waals surface area contributed by atoms with Crippen molar-refractivity contribution in [3.8, 4) is 0 Å². The van der Waals surface area contributed by atoms with E-state index in [9.17, 15) is 19.8 Å². The predicted octanol–water partition coefficient (Wildman–Crippen LogP) is 1.10. The van der Waals surface area contributed by atoms with Gasteiger partial charge in [0.05, 0.1) is 18.3 Å². The van der Waals surface area contributed by atoms with Gasteiger partial charge in [0.15, 0.2) is 6.04 Å². The molecule has 1 unspecified atom stereocenters. The molecule has 3 rings (SSSR count). The molecule has 6 nitrogen and oxygen atoms in total. The van der Waals surface area contributed by atoms with E-state index in [-0.39, 0.29) is 12.3 Å². The van der Waals surface area contributed by atoms with Crippen molar-refractivity contribution in [2.24, 2.45) is 0 Å². The Hall–Kier alpha value is -1.82. The molecule has 0 radical (unpaired) electrons. The van der Waals surface area contributed by atoms with Crippen molar-refractivity contribution in [1.29, 1.82) is 0 Å². The number of aliphatic hydroxyl groups is 1. The maximum absolute atomic E-state index is 12.3. The molecule has 2 aliphatic rings. The monoisotopic (exact) mass is 279 g/mol. The number of carbonyl (C=O) groups excluding carboxylic acids is 1. The van der Waals surface area contributed by atoms with Gasteiger partial charge in [0.1, 0.15) is 5.76 Å². The lowest BCUT2D eigenvalue weighted by molar-refractivity contribution is -0.155. The fourth-order valence-corrected chi connectivity index (χ4v) is 3.00. The standard InChI is InChI=1S/C14H17NO5/c16-11(8-14(19)4-1-5-14)15-6-2-10-9(3-7-20-10)12(15)13(17)18/h3,7,12,19H,1-2,4-6,8H2,(H,17,18). The lowest BCUT2D eigenvalue weighted by atomic mass is 9.77. The van der Waals surface area contributed by atoms with Gasteiger partial charge in [-0.25, -0.2) is 4.79 Å². The molecule has 20 heavy (non-hydrogen) atoms. The summed E-state index contributed by atoms with van der Waals surface area (Å²) < 4.78 is 5.25. The highest BCUT2D eigenvalue weighted by Gasteiger charge is 2.42. The fraction of sp³-hybridized carbons (Fsp3) is 0.571. The minimum atomic E-state index is -1.07. The van der Waals surface area contributed by atoms with E-state index in [1.165, 1.54) is 11.2 Å². The molecule has 6 heteroatoms. The molecular weight excluding hydrogens is 262 g/mol. The first-order valence-corrected chi connectivity index (χ1v) is 6.81. The normalized spacial score (nSPS) is 23.9. The van der Waals surface area contributed by atoms with E-state index in [4.69, 9.17) is 4.42 Å². The van der Waals surface area contributed by atoms with Crippen LogP contribution in [0.2, 0.25) is 0 Å². The number of hydrogen-bond acceptors (Lipinski definition) is 4. The maximum atomic E-state index is 12.3. The molecule has 1 fully saturated rings. The number of carboxylic acids is 1. The van der Waals surface area contributed by atoms with Gasteiger partial charge >= 0.3 is 5.97 Å². The minimum absolute atomic E-state index is 0.00393. The molecule has 1 aromatic rings. The molecule has 1 aliphatic heterocycles. The van der Waals surface area contributed by atoms with E-state index in [1.54, 1.807) is 6.07 Å². The summed E-state index contributed by atoms with van der Waals surface area (Å²) in [6.07, 6.45) is 4.11. The second-order valence-electron chi connectivity index (χ2n) is 5.63. The lowest BCUT2D eigenvalue weighted by Crippen LogP contribution is -2.48. The highest BCUT2D eigenvalue weighted by molar-refractivity contribution is 5.86. The maximum Gasteiger partial charge on any atom is 0.331 e. The minimum Gasteiger partial charge on any atom is -0.479 e. The molecule has 2 heterocycles. The molecule has 1 saturated carbocycles. The number of nitrogens with zero attached hydrogens (tertiary/aromatic N) is 1. The van der Waals surface area contributed by atoms with E-state index in [1.807, 2.05) is 0 Å². The summed E-state index contributed by atoms with van der Waals surface area (Å²) in [6.45, 7) is 0.312. The Bertz CT molecular complexity index is 546. The molecule has 0 aromatic carbocycles. The average Bonchev–Trinajstić information content (AvgIpc) is 2.83. The summed E-state index contributed by atoms with van der Waals surface area (Å²) >= 11 is 0. The molecule has 1 aliphatic carbocycles. The van der Waals surface area contributed by atoms with Crippen LogP contribution in [0.3, 0.4) is 0 Å². The Kier molecular flexibility index (Phi) is 3.05. The van der Waals surface area contributed by atoms with Gasteiger partial charge in [0.25, 0.3) is 0 Å². The second kappa shape index (κ2) is 4.63. The van der Waals surface area contributed by atoms with Gasteiger partial charge in [0.2, 0.25) is 5.91 Å². The number of fused-ring (bicyclic) bond motifs is 1. The first-order chi connectivity index (χ1) is 9.50. The summed E-state index contributed by atoms with van der Waals surface area (Å²) in [4.78, 5) is 25.1. The van der Waals surface area contributed by atoms with Gasteiger partial charge in [-0.05, 0) is 25.3 Å². The van der Waals surface area contributed by atoms with Crippen molar-refractivity contribution in [2.75, 3.05) is 6.54 Å². The number of furan rings is 1. The summed E-state index contributed by atoms with van der Waals surface area (Å²) in [6, 6.07) is 0.597. The zero-order valence-electron chi connectivity index (χ0n) is 11.0. The van der Waals surface area contributed by atoms with Crippen LogP contribution in [0.5, 0.6) is 0 Å². The van der Waals surface area contributed by atoms with Crippen LogP contribution in [0.15, 0.2) is 16.7 Å². The number of carboxylic acid groups (broad SMARTS) is 1. The van der Waals surface area contributed by atoms with Crippen molar-refractivity contribution in [1.82, 2.24) is 4.90 Å². The van der Waals surface area contributed by atoms with Gasteiger partial charge in [-0.1, -0.05) is 0 Å². The van der Waals surface area contributed by atoms with Gasteiger partial charge in [-0.2, -0.15) is 0 Å². The van der Waals surface area contributed by atoms with Crippen molar-refractivity contribution >= 4 is 11.9 Å². The molecule has 1 atom stereocenters. The summed E-state index contributed by atoms with van der Waals surface area (Å²) in [5, 5.41) is 19.5. The number of hydrogen-bond donors (Lipinski definition) is 2. The molecule has 0 saturated heterocycles. The molecule has 0 bridgehead atoms. The largest absolute Gasteiger partial charge is 0.479 e. The Morgan fingerprint density at radius 3 is 2.80 bits per heavy atom. The highest BCUT2D eigenvalue weighted by atomic mass is 16.4. The van der Waals surface area contributed by atoms with Crippen LogP contribution in [0, 0.1) is 0 Å². The lowest BCUT2D eigenvalue weighted by Gasteiger charge is -2.39. The van der Waals surface area contributed by atoms with Crippen LogP contribution < -0.4 is 0 Å². The first-order valence-electron chi connectivity index (χ1n) is 6.81. The van der Waals surface area contributed by atoms with E-state index < -0.39 is 17.6 Å². The van der Waals surface area contributed by atoms with Crippen LogP contribution >= 0.6 is 0 Å². The predicted molar refractivity (Wildman–Crippen MR) is 67.9 cm³/mol. The number of rotatable bonds is 3. The van der Waals surface area contributed by atoms with E-state index in [0.717, 1.165) is 6.42 Å². The summed E-state index contributed by atoms with van der Waals surface area (Å²) in [7, 11) is 0. The average molecular weight is 279 g/mol. The molecule has 0 spiro atoms. The van der Waals surface area contributed by atoms with Crippen molar-refractivity contribution in [3.63, 3.8) is 0 Å². The molecule has 108 valence electrons. The third-order valence-electron chi connectivity index (χ3n) is 4.28. The van der Waals surface area contributed by atoms with E-state index >= 15 is 0 Å². The third-order valence-corrected chi connectivity index (χ3v) is 4.28. The Morgan fingerprint density at radius 1 is 1.45 bits per heavy atom. The van der Waals surface area contributed by atoms with Crippen LogP contribution in [-0.2, 0) is 16.0 Å². The van der Waals surface area contributed by atoms with Gasteiger partial charge in [-0.3, -0.25) is 4.79 Å². The number of aliphatic carboxylic acids is 1. The zero-order valence-corrected chi connectivity index (χ0v) is 11.0.